The Labute approximate surface area is 117 Å². The Bertz CT molecular complexity index is 553. The highest BCUT2D eigenvalue weighted by atomic mass is 16.4. The summed E-state index contributed by atoms with van der Waals surface area (Å²) >= 11 is 0. The molecular formula is C15H19NO4. The van der Waals surface area contributed by atoms with Crippen LogP contribution in [0.1, 0.15) is 30.4 Å². The number of benzene rings is 1. The van der Waals surface area contributed by atoms with Crippen LogP contribution < -0.4 is 5.32 Å². The predicted molar refractivity (Wildman–Crippen MR) is 74.7 cm³/mol. The van der Waals surface area contributed by atoms with Gasteiger partial charge in [-0.1, -0.05) is 6.42 Å². The van der Waals surface area contributed by atoms with E-state index in [9.17, 15) is 14.7 Å². The van der Waals surface area contributed by atoms with Gasteiger partial charge in [-0.2, -0.15) is 0 Å². The molecule has 0 heterocycles. The van der Waals surface area contributed by atoms with E-state index < -0.39 is 17.8 Å². The minimum Gasteiger partial charge on any atom is -0.508 e. The molecule has 3 N–H and O–H groups in total. The van der Waals surface area contributed by atoms with Crippen LogP contribution in [0.15, 0.2) is 12.1 Å². The van der Waals surface area contributed by atoms with E-state index in [4.69, 9.17) is 5.11 Å². The normalized spacial score (nSPS) is 21.7. The first-order valence-electron chi connectivity index (χ1n) is 6.74. The number of carboxylic acids is 1. The third-order valence-electron chi connectivity index (χ3n) is 3.97. The Morgan fingerprint density at radius 1 is 1.15 bits per heavy atom. The lowest BCUT2D eigenvalue weighted by Crippen LogP contribution is -2.30. The first-order chi connectivity index (χ1) is 9.40. The zero-order chi connectivity index (χ0) is 14.9. The number of aryl methyl sites for hydroxylation is 2. The fourth-order valence-corrected chi connectivity index (χ4v) is 2.73. The van der Waals surface area contributed by atoms with Crippen molar-refractivity contribution in [3.63, 3.8) is 0 Å². The van der Waals surface area contributed by atoms with Crippen molar-refractivity contribution in [3.05, 3.63) is 23.3 Å². The topological polar surface area (TPSA) is 86.6 Å². The second-order valence-electron chi connectivity index (χ2n) is 5.42. The third-order valence-corrected chi connectivity index (χ3v) is 3.97. The summed E-state index contributed by atoms with van der Waals surface area (Å²) in [7, 11) is 0. The van der Waals surface area contributed by atoms with E-state index in [1.54, 1.807) is 26.0 Å². The van der Waals surface area contributed by atoms with Crippen LogP contribution in [0.2, 0.25) is 0 Å². The molecule has 1 aromatic carbocycles. The quantitative estimate of drug-likeness (QED) is 0.741. The van der Waals surface area contributed by atoms with Crippen molar-refractivity contribution in [1.82, 2.24) is 0 Å². The van der Waals surface area contributed by atoms with Gasteiger partial charge in [0.05, 0.1) is 11.8 Å². The summed E-state index contributed by atoms with van der Waals surface area (Å²) in [6, 6.07) is 3.29. The Morgan fingerprint density at radius 3 is 2.45 bits per heavy atom. The number of aromatic hydroxyl groups is 1. The molecule has 20 heavy (non-hydrogen) atoms. The van der Waals surface area contributed by atoms with E-state index in [1.165, 1.54) is 0 Å². The van der Waals surface area contributed by atoms with Gasteiger partial charge in [-0.05, 0) is 49.9 Å². The largest absolute Gasteiger partial charge is 0.508 e. The summed E-state index contributed by atoms with van der Waals surface area (Å²) in [5, 5.41) is 21.5. The number of aliphatic carboxylic acids is 1. The van der Waals surface area contributed by atoms with Crippen molar-refractivity contribution in [1.29, 1.82) is 0 Å². The van der Waals surface area contributed by atoms with Crippen molar-refractivity contribution in [2.24, 2.45) is 11.8 Å². The molecule has 1 aromatic rings. The molecule has 1 saturated carbocycles. The van der Waals surface area contributed by atoms with E-state index in [1.807, 2.05) is 0 Å². The van der Waals surface area contributed by atoms with Gasteiger partial charge >= 0.3 is 5.97 Å². The first-order valence-corrected chi connectivity index (χ1v) is 6.74. The van der Waals surface area contributed by atoms with Gasteiger partial charge in [0.25, 0.3) is 0 Å². The molecule has 0 radical (unpaired) electrons. The van der Waals surface area contributed by atoms with Gasteiger partial charge in [0.1, 0.15) is 5.75 Å². The van der Waals surface area contributed by atoms with Crippen LogP contribution in [0.3, 0.4) is 0 Å². The van der Waals surface area contributed by atoms with Crippen molar-refractivity contribution >= 4 is 17.6 Å². The molecule has 1 aliphatic rings. The SMILES string of the molecule is Cc1cc(NC(=O)[C@@H]2CCC[C@@H]2C(=O)O)c(C)cc1O. The standard InChI is InChI=1S/C15H19NO4/c1-8-7-13(17)9(2)6-12(8)16-14(18)10-4-3-5-11(10)15(19)20/h6-7,10-11,17H,3-5H2,1-2H3,(H,16,18)(H,19,20)/t10-,11+/m1/s1. The maximum Gasteiger partial charge on any atom is 0.307 e. The highest BCUT2D eigenvalue weighted by molar-refractivity contribution is 5.96. The van der Waals surface area contributed by atoms with Gasteiger partial charge in [0.2, 0.25) is 5.91 Å². The molecule has 0 bridgehead atoms. The third kappa shape index (κ3) is 2.76. The minimum absolute atomic E-state index is 0.185. The number of carbonyl (C=O) groups is 2. The summed E-state index contributed by atoms with van der Waals surface area (Å²) in [6.07, 6.45) is 1.93. The van der Waals surface area contributed by atoms with E-state index >= 15 is 0 Å². The van der Waals surface area contributed by atoms with E-state index in [-0.39, 0.29) is 11.7 Å². The maximum absolute atomic E-state index is 12.2. The number of carbonyl (C=O) groups excluding carboxylic acids is 1. The fourth-order valence-electron chi connectivity index (χ4n) is 2.73. The molecule has 0 spiro atoms. The Balaban J connectivity index is 2.16. The average Bonchev–Trinajstić information content (AvgIpc) is 2.85. The molecule has 5 nitrogen and oxygen atoms in total. The smallest absolute Gasteiger partial charge is 0.307 e. The van der Waals surface area contributed by atoms with Crippen LogP contribution in [0.25, 0.3) is 0 Å². The fraction of sp³-hybridized carbons (Fsp3) is 0.467. The number of phenols is 1. The monoisotopic (exact) mass is 277 g/mol. The van der Waals surface area contributed by atoms with E-state index in [0.29, 0.717) is 24.1 Å². The van der Waals surface area contributed by atoms with Crippen molar-refractivity contribution in [3.8, 4) is 5.75 Å². The van der Waals surface area contributed by atoms with Crippen molar-refractivity contribution < 1.29 is 19.8 Å². The molecule has 2 atom stereocenters. The van der Waals surface area contributed by atoms with Crippen molar-refractivity contribution in [2.75, 3.05) is 5.32 Å². The van der Waals surface area contributed by atoms with Crippen LogP contribution in [0, 0.1) is 25.7 Å². The number of anilines is 1. The Morgan fingerprint density at radius 2 is 1.80 bits per heavy atom. The summed E-state index contributed by atoms with van der Waals surface area (Å²) in [5.41, 5.74) is 2.06. The lowest BCUT2D eigenvalue weighted by Gasteiger charge is -2.17. The number of nitrogens with one attached hydrogen (secondary N) is 1. The number of carboxylic acid groups (broad SMARTS) is 1. The van der Waals surface area contributed by atoms with Crippen LogP contribution >= 0.6 is 0 Å². The molecule has 0 aromatic heterocycles. The molecule has 0 saturated heterocycles. The molecule has 2 rings (SSSR count). The molecule has 1 fully saturated rings. The second-order valence-corrected chi connectivity index (χ2v) is 5.42. The van der Waals surface area contributed by atoms with Gasteiger partial charge in [-0.15, -0.1) is 0 Å². The van der Waals surface area contributed by atoms with Crippen LogP contribution in [0.5, 0.6) is 5.75 Å². The predicted octanol–water partition coefficient (Wildman–Crippen LogP) is 2.45. The van der Waals surface area contributed by atoms with Crippen LogP contribution in [-0.2, 0) is 9.59 Å². The highest BCUT2D eigenvalue weighted by Crippen LogP contribution is 2.33. The summed E-state index contributed by atoms with van der Waals surface area (Å²) in [5.74, 6) is -2.02. The maximum atomic E-state index is 12.2. The van der Waals surface area contributed by atoms with Gasteiger partial charge in [0.15, 0.2) is 0 Å². The average molecular weight is 277 g/mol. The molecule has 5 heteroatoms. The first kappa shape index (κ1) is 14.4. The summed E-state index contributed by atoms with van der Waals surface area (Å²) in [6.45, 7) is 3.54. The number of hydrogen-bond acceptors (Lipinski definition) is 3. The molecule has 1 aliphatic carbocycles. The summed E-state index contributed by atoms with van der Waals surface area (Å²) < 4.78 is 0. The Hall–Kier alpha value is -2.04. The zero-order valence-corrected chi connectivity index (χ0v) is 11.6. The van der Waals surface area contributed by atoms with Gasteiger partial charge in [0, 0.05) is 5.69 Å². The molecule has 1 amide bonds. The van der Waals surface area contributed by atoms with Crippen LogP contribution in [-0.4, -0.2) is 22.1 Å². The molecule has 0 unspecified atom stereocenters. The minimum atomic E-state index is -0.902. The van der Waals surface area contributed by atoms with Gasteiger partial charge in [-0.25, -0.2) is 0 Å². The summed E-state index contributed by atoms with van der Waals surface area (Å²) in [4.78, 5) is 23.4. The van der Waals surface area contributed by atoms with Crippen LogP contribution in [0.4, 0.5) is 5.69 Å². The second kappa shape index (κ2) is 5.53. The number of phenolic OH excluding ortho intramolecular Hbond substituents is 1. The lowest BCUT2D eigenvalue weighted by molar-refractivity contribution is -0.145. The highest BCUT2D eigenvalue weighted by Gasteiger charge is 2.37. The molecule has 0 aliphatic heterocycles. The van der Waals surface area contributed by atoms with Crippen molar-refractivity contribution in [2.45, 2.75) is 33.1 Å². The van der Waals surface area contributed by atoms with Gasteiger partial charge < -0.3 is 15.5 Å². The molecule has 108 valence electrons. The number of rotatable bonds is 3. The number of amides is 1. The molecular weight excluding hydrogens is 258 g/mol. The number of hydrogen-bond donors (Lipinski definition) is 3. The lowest BCUT2D eigenvalue weighted by atomic mass is 9.95. The zero-order valence-electron chi connectivity index (χ0n) is 11.6. The van der Waals surface area contributed by atoms with E-state index in [0.717, 1.165) is 12.0 Å². The Kier molecular flexibility index (Phi) is 3.97. The van der Waals surface area contributed by atoms with Gasteiger partial charge in [-0.3, -0.25) is 9.59 Å². The van der Waals surface area contributed by atoms with E-state index in [2.05, 4.69) is 5.32 Å².